The molecule has 2 aromatic carbocycles. The van der Waals surface area contributed by atoms with Gasteiger partial charge in [0.25, 0.3) is 5.56 Å². The van der Waals surface area contributed by atoms with Gasteiger partial charge in [0.05, 0.1) is 7.11 Å². The third-order valence-electron chi connectivity index (χ3n) is 6.22. The first-order valence-corrected chi connectivity index (χ1v) is 12.8. The Morgan fingerprint density at radius 3 is 2.18 bits per heavy atom. The Labute approximate surface area is 224 Å². The number of ether oxygens (including phenoxy) is 2. The molecule has 0 aliphatic carbocycles. The maximum absolute atomic E-state index is 13.0. The van der Waals surface area contributed by atoms with Gasteiger partial charge in [-0.1, -0.05) is 13.8 Å². The smallest absolute Gasteiger partial charge is 0.332 e. The molecule has 200 valence electrons. The number of imidazole rings is 1. The number of fused-ring (bicyclic) bond motifs is 1. The first-order valence-electron chi connectivity index (χ1n) is 12.8. The van der Waals surface area contributed by atoms with E-state index in [4.69, 9.17) is 9.47 Å². The van der Waals surface area contributed by atoms with Gasteiger partial charge in [-0.3, -0.25) is 13.9 Å². The minimum atomic E-state index is -0.353. The van der Waals surface area contributed by atoms with Gasteiger partial charge < -0.3 is 14.5 Å². The lowest BCUT2D eigenvalue weighted by atomic mass is 10.2. The van der Waals surface area contributed by atoms with Gasteiger partial charge in [-0.05, 0) is 61.4 Å². The molecule has 0 spiro atoms. The van der Waals surface area contributed by atoms with E-state index in [1.54, 1.807) is 11.7 Å². The normalized spacial score (nSPS) is 11.2. The molecule has 3 aromatic heterocycles. The minimum Gasteiger partial charge on any atom is -0.497 e. The fourth-order valence-electron chi connectivity index (χ4n) is 4.29. The summed E-state index contributed by atoms with van der Waals surface area (Å²) in [7, 11) is 1.62. The topological polar surface area (TPSA) is 130 Å². The monoisotopic (exact) mass is 527 g/mol. The molecule has 39 heavy (non-hydrogen) atoms. The second-order valence-electron chi connectivity index (χ2n) is 8.94. The average molecular weight is 528 g/mol. The van der Waals surface area contributed by atoms with Crippen LogP contribution in [-0.2, 0) is 19.7 Å². The van der Waals surface area contributed by atoms with E-state index in [-0.39, 0.29) is 17.9 Å². The van der Waals surface area contributed by atoms with Crippen molar-refractivity contribution in [3.63, 3.8) is 0 Å². The summed E-state index contributed by atoms with van der Waals surface area (Å²) in [6.45, 7) is 4.92. The zero-order valence-corrected chi connectivity index (χ0v) is 22.0. The lowest BCUT2D eigenvalue weighted by Gasteiger charge is -2.09. The van der Waals surface area contributed by atoms with E-state index in [1.807, 2.05) is 62.4 Å². The van der Waals surface area contributed by atoms with Gasteiger partial charge in [-0.25, -0.2) is 24.7 Å². The summed E-state index contributed by atoms with van der Waals surface area (Å²) in [6.07, 6.45) is 2.89. The molecule has 0 bridgehead atoms. The Morgan fingerprint density at radius 1 is 0.821 bits per heavy atom. The lowest BCUT2D eigenvalue weighted by Crippen LogP contribution is -2.40. The van der Waals surface area contributed by atoms with Crippen LogP contribution in [0.15, 0.2) is 64.4 Å². The van der Waals surface area contributed by atoms with Gasteiger partial charge in [0.1, 0.15) is 35.8 Å². The second-order valence-corrected chi connectivity index (χ2v) is 8.94. The summed E-state index contributed by atoms with van der Waals surface area (Å²) >= 11 is 0. The van der Waals surface area contributed by atoms with Crippen LogP contribution in [0.1, 0.15) is 32.5 Å². The van der Waals surface area contributed by atoms with E-state index in [1.165, 1.54) is 10.9 Å². The predicted molar refractivity (Wildman–Crippen MR) is 147 cm³/mol. The molecule has 0 atom stereocenters. The van der Waals surface area contributed by atoms with Crippen molar-refractivity contribution < 1.29 is 9.47 Å². The molecule has 0 radical (unpaired) electrons. The van der Waals surface area contributed by atoms with Crippen LogP contribution in [0.25, 0.3) is 33.9 Å². The maximum atomic E-state index is 13.0. The number of aryl methyl sites for hydroxylation is 1. The van der Waals surface area contributed by atoms with Crippen LogP contribution in [-0.4, -0.2) is 41.2 Å². The predicted octanol–water partition coefficient (Wildman–Crippen LogP) is 3.81. The molecule has 0 fully saturated rings. The molecule has 0 aliphatic heterocycles. The second kappa shape index (κ2) is 11.3. The van der Waals surface area contributed by atoms with Crippen molar-refractivity contribution in [1.82, 2.24) is 34.1 Å². The third kappa shape index (κ3) is 5.28. The summed E-state index contributed by atoms with van der Waals surface area (Å²) < 4.78 is 13.9. The van der Waals surface area contributed by atoms with Crippen molar-refractivity contribution in [3.8, 4) is 34.3 Å². The van der Waals surface area contributed by atoms with Crippen molar-refractivity contribution >= 4 is 11.2 Å². The third-order valence-corrected chi connectivity index (χ3v) is 6.22. The molecule has 0 unspecified atom stereocenters. The number of aromatic amines is 1. The summed E-state index contributed by atoms with van der Waals surface area (Å²) in [5.74, 6) is 2.93. The van der Waals surface area contributed by atoms with Gasteiger partial charge in [0.15, 0.2) is 17.3 Å². The van der Waals surface area contributed by atoms with Gasteiger partial charge in [-0.15, -0.1) is 0 Å². The molecule has 3 heterocycles. The highest BCUT2D eigenvalue weighted by Crippen LogP contribution is 2.23. The van der Waals surface area contributed by atoms with E-state index in [2.05, 4.69) is 24.9 Å². The molecule has 0 saturated heterocycles. The van der Waals surface area contributed by atoms with E-state index in [0.717, 1.165) is 23.3 Å². The molecule has 5 rings (SSSR count). The summed E-state index contributed by atoms with van der Waals surface area (Å²) in [4.78, 5) is 46.6. The summed E-state index contributed by atoms with van der Waals surface area (Å²) in [6, 6.07) is 14.8. The first kappa shape index (κ1) is 25.8. The van der Waals surface area contributed by atoms with Gasteiger partial charge in [-0.2, -0.15) is 0 Å². The Balaban J connectivity index is 1.35. The number of nitrogens with zero attached hydrogens (tertiary/aromatic N) is 6. The molecular weight excluding hydrogens is 498 g/mol. The number of hydrogen-bond acceptors (Lipinski definition) is 8. The zero-order chi connectivity index (χ0) is 27.4. The number of nitrogens with one attached hydrogen (secondary N) is 1. The lowest BCUT2D eigenvalue weighted by molar-refractivity contribution is 0.295. The highest BCUT2D eigenvalue weighted by Gasteiger charge is 2.17. The van der Waals surface area contributed by atoms with Crippen molar-refractivity contribution in [2.45, 2.75) is 46.4 Å². The van der Waals surface area contributed by atoms with Gasteiger partial charge >= 0.3 is 5.69 Å². The molecule has 11 nitrogen and oxygen atoms in total. The maximum Gasteiger partial charge on any atom is 0.332 e. The van der Waals surface area contributed by atoms with Crippen LogP contribution in [0.4, 0.5) is 0 Å². The Bertz CT molecular complexity index is 1700. The summed E-state index contributed by atoms with van der Waals surface area (Å²) in [5, 5.41) is 0. The fourth-order valence-corrected chi connectivity index (χ4v) is 4.29. The van der Waals surface area contributed by atoms with E-state index < -0.39 is 0 Å². The molecule has 5 aromatic rings. The minimum absolute atomic E-state index is 0.163. The van der Waals surface area contributed by atoms with Gasteiger partial charge in [0, 0.05) is 24.2 Å². The number of H-pyrrole nitrogens is 1. The van der Waals surface area contributed by atoms with E-state index in [9.17, 15) is 9.59 Å². The highest BCUT2D eigenvalue weighted by atomic mass is 16.5. The van der Waals surface area contributed by atoms with Crippen LogP contribution in [0, 0.1) is 0 Å². The average Bonchev–Trinajstić information content (AvgIpc) is 3.42. The quantitative estimate of drug-likeness (QED) is 0.290. The number of aromatic nitrogens is 7. The molecule has 0 amide bonds. The van der Waals surface area contributed by atoms with E-state index in [0.29, 0.717) is 53.9 Å². The number of rotatable bonds is 10. The van der Waals surface area contributed by atoms with Crippen LogP contribution < -0.4 is 20.7 Å². The largest absolute Gasteiger partial charge is 0.497 e. The van der Waals surface area contributed by atoms with Crippen molar-refractivity contribution in [3.05, 3.63) is 81.5 Å². The fraction of sp³-hybridized carbons (Fsp3) is 0.286. The summed E-state index contributed by atoms with van der Waals surface area (Å²) in [5.41, 5.74) is 1.63. The van der Waals surface area contributed by atoms with E-state index >= 15 is 0 Å². The first-order chi connectivity index (χ1) is 19.0. The van der Waals surface area contributed by atoms with Crippen molar-refractivity contribution in [2.24, 2.45) is 0 Å². The zero-order valence-electron chi connectivity index (χ0n) is 22.0. The van der Waals surface area contributed by atoms with Gasteiger partial charge in [0.2, 0.25) is 0 Å². The SMILES string of the molecule is CCCn1c(=O)c2[nH]c(-c3ccc(OCc4ncnc(-c5ccc(OC)cc5)n4)cc3)nc2n(CCC)c1=O. The van der Waals surface area contributed by atoms with Crippen LogP contribution in [0.2, 0.25) is 0 Å². The molecule has 11 heteroatoms. The molecule has 0 aliphatic rings. The Morgan fingerprint density at radius 2 is 1.49 bits per heavy atom. The number of benzene rings is 2. The molecule has 1 N–H and O–H groups in total. The number of methoxy groups -OCH3 is 1. The number of hydrogen-bond donors (Lipinski definition) is 1. The Kier molecular flexibility index (Phi) is 7.48. The van der Waals surface area contributed by atoms with Crippen molar-refractivity contribution in [2.75, 3.05) is 7.11 Å². The van der Waals surface area contributed by atoms with Crippen LogP contribution in [0.3, 0.4) is 0 Å². The van der Waals surface area contributed by atoms with Crippen LogP contribution >= 0.6 is 0 Å². The standard InChI is InChI=1S/C28H29N7O4/c1-4-14-34-26-23(27(36)35(15-5-2)28(34)37)32-25(33-26)19-8-12-21(13-9-19)39-16-22-29-17-30-24(31-22)18-6-10-20(38-3)11-7-18/h6-13,17H,4-5,14-16H2,1-3H3,(H,32,33). The molecular formula is C28H29N7O4. The highest BCUT2D eigenvalue weighted by molar-refractivity contribution is 5.75. The van der Waals surface area contributed by atoms with Crippen molar-refractivity contribution in [1.29, 1.82) is 0 Å². The van der Waals surface area contributed by atoms with Crippen LogP contribution in [0.5, 0.6) is 11.5 Å². The Hall–Kier alpha value is -4.80. The molecule has 0 saturated carbocycles.